The van der Waals surface area contributed by atoms with E-state index in [0.29, 0.717) is 18.4 Å². The van der Waals surface area contributed by atoms with Gasteiger partial charge in [0, 0.05) is 17.8 Å². The van der Waals surface area contributed by atoms with E-state index in [-0.39, 0.29) is 0 Å². The number of carbonyl (C=O) groups excluding carboxylic acids is 1. The summed E-state index contributed by atoms with van der Waals surface area (Å²) >= 11 is 1.76. The summed E-state index contributed by atoms with van der Waals surface area (Å²) in [4.78, 5) is 16.0. The molecular weight excluding hydrogens is 278 g/mol. The second-order valence-corrected chi connectivity index (χ2v) is 6.73. The third-order valence-electron chi connectivity index (χ3n) is 4.15. The Balaban J connectivity index is 1.62. The summed E-state index contributed by atoms with van der Waals surface area (Å²) in [5.41, 5.74) is 2.52. The molecule has 0 bridgehead atoms. The van der Waals surface area contributed by atoms with Crippen LogP contribution in [0, 0.1) is 6.92 Å². The van der Waals surface area contributed by atoms with Crippen LogP contribution in [0.4, 0.5) is 0 Å². The Morgan fingerprint density at radius 3 is 3.00 bits per heavy atom. The van der Waals surface area contributed by atoms with Crippen LogP contribution in [0.3, 0.4) is 0 Å². The number of hydrogen-bond acceptors (Lipinski definition) is 2. The van der Waals surface area contributed by atoms with Crippen molar-refractivity contribution in [1.29, 1.82) is 0 Å². The maximum absolute atomic E-state index is 12.5. The van der Waals surface area contributed by atoms with E-state index < -0.39 is 0 Å². The zero-order valence-corrected chi connectivity index (χ0v) is 13.2. The molecule has 1 aliphatic heterocycles. The Labute approximate surface area is 130 Å². The summed E-state index contributed by atoms with van der Waals surface area (Å²) < 4.78 is 0. The second-order valence-electron chi connectivity index (χ2n) is 5.75. The molecule has 3 heteroatoms. The maximum Gasteiger partial charge on any atom is 0.223 e. The molecule has 0 aliphatic carbocycles. The van der Waals surface area contributed by atoms with Gasteiger partial charge in [-0.3, -0.25) is 4.79 Å². The molecule has 21 heavy (non-hydrogen) atoms. The molecule has 0 saturated carbocycles. The second kappa shape index (κ2) is 6.44. The molecule has 1 atom stereocenters. The Hall–Kier alpha value is -1.61. The van der Waals surface area contributed by atoms with Gasteiger partial charge in [0.25, 0.3) is 0 Å². The Bertz CT molecular complexity index is 605. The first-order valence-corrected chi connectivity index (χ1v) is 8.50. The standard InChI is InChI=1S/C18H21NOS/c1-14-5-2-6-15(13-14)9-10-18(20)19-11-3-7-16(19)17-8-4-12-21-17/h2,4-6,8,12-13,16H,3,7,9-11H2,1H3. The average molecular weight is 299 g/mol. The van der Waals surface area contributed by atoms with E-state index in [9.17, 15) is 4.79 Å². The van der Waals surface area contributed by atoms with Crippen molar-refractivity contribution in [2.24, 2.45) is 0 Å². The predicted molar refractivity (Wildman–Crippen MR) is 87.5 cm³/mol. The molecule has 0 radical (unpaired) electrons. The Kier molecular flexibility index (Phi) is 4.39. The summed E-state index contributed by atoms with van der Waals surface area (Å²) in [6, 6.07) is 13.0. The van der Waals surface area contributed by atoms with Crippen LogP contribution in [0.25, 0.3) is 0 Å². The first-order chi connectivity index (χ1) is 10.2. The number of hydrogen-bond donors (Lipinski definition) is 0. The molecule has 1 aromatic heterocycles. The molecule has 2 aromatic rings. The minimum atomic E-state index is 0.299. The van der Waals surface area contributed by atoms with Crippen molar-refractivity contribution in [3.8, 4) is 0 Å². The van der Waals surface area contributed by atoms with Crippen LogP contribution in [-0.2, 0) is 11.2 Å². The lowest BCUT2D eigenvalue weighted by Crippen LogP contribution is -2.30. The number of benzene rings is 1. The zero-order valence-electron chi connectivity index (χ0n) is 12.4. The molecule has 2 nitrogen and oxygen atoms in total. The quantitative estimate of drug-likeness (QED) is 0.821. The number of aryl methyl sites for hydroxylation is 2. The molecule has 1 saturated heterocycles. The van der Waals surface area contributed by atoms with Gasteiger partial charge in [0.2, 0.25) is 5.91 Å². The first kappa shape index (κ1) is 14.3. The highest BCUT2D eigenvalue weighted by atomic mass is 32.1. The average Bonchev–Trinajstić information content (AvgIpc) is 3.14. The summed E-state index contributed by atoms with van der Waals surface area (Å²) in [6.45, 7) is 3.01. The van der Waals surface area contributed by atoms with Crippen LogP contribution in [0.1, 0.15) is 41.3 Å². The van der Waals surface area contributed by atoms with E-state index in [4.69, 9.17) is 0 Å². The summed E-state index contributed by atoms with van der Waals surface area (Å²) in [5, 5.41) is 2.10. The van der Waals surface area contributed by atoms with Crippen molar-refractivity contribution in [2.45, 2.75) is 38.6 Å². The Morgan fingerprint density at radius 2 is 2.24 bits per heavy atom. The van der Waals surface area contributed by atoms with E-state index in [1.165, 1.54) is 16.0 Å². The zero-order chi connectivity index (χ0) is 14.7. The lowest BCUT2D eigenvalue weighted by molar-refractivity contribution is -0.132. The SMILES string of the molecule is Cc1cccc(CCC(=O)N2CCCC2c2cccs2)c1. The van der Waals surface area contributed by atoms with Crippen molar-refractivity contribution < 1.29 is 4.79 Å². The molecule has 3 rings (SSSR count). The lowest BCUT2D eigenvalue weighted by Gasteiger charge is -2.24. The van der Waals surface area contributed by atoms with Crippen LogP contribution < -0.4 is 0 Å². The highest BCUT2D eigenvalue weighted by molar-refractivity contribution is 7.10. The van der Waals surface area contributed by atoms with Crippen LogP contribution >= 0.6 is 11.3 Å². The van der Waals surface area contributed by atoms with Gasteiger partial charge >= 0.3 is 0 Å². The third kappa shape index (κ3) is 3.35. The van der Waals surface area contributed by atoms with Crippen molar-refractivity contribution >= 4 is 17.2 Å². The summed E-state index contributed by atoms with van der Waals surface area (Å²) in [5.74, 6) is 0.299. The van der Waals surface area contributed by atoms with Gasteiger partial charge in [0.15, 0.2) is 0 Å². The van der Waals surface area contributed by atoms with Crippen molar-refractivity contribution in [3.05, 3.63) is 57.8 Å². The molecule has 110 valence electrons. The van der Waals surface area contributed by atoms with Crippen molar-refractivity contribution in [2.75, 3.05) is 6.54 Å². The fourth-order valence-electron chi connectivity index (χ4n) is 3.10. The lowest BCUT2D eigenvalue weighted by atomic mass is 10.1. The summed E-state index contributed by atoms with van der Waals surface area (Å²) in [6.07, 6.45) is 3.69. The third-order valence-corrected chi connectivity index (χ3v) is 5.13. The van der Waals surface area contributed by atoms with Gasteiger partial charge in [-0.2, -0.15) is 0 Å². The van der Waals surface area contributed by atoms with Gasteiger partial charge in [-0.25, -0.2) is 0 Å². The number of nitrogens with zero attached hydrogens (tertiary/aromatic N) is 1. The normalized spacial score (nSPS) is 18.1. The molecule has 1 unspecified atom stereocenters. The maximum atomic E-state index is 12.5. The molecular formula is C18H21NOS. The highest BCUT2D eigenvalue weighted by Crippen LogP contribution is 2.34. The fourth-order valence-corrected chi connectivity index (χ4v) is 3.98. The van der Waals surface area contributed by atoms with Gasteiger partial charge in [-0.1, -0.05) is 35.9 Å². The van der Waals surface area contributed by atoms with Gasteiger partial charge in [0.1, 0.15) is 0 Å². The van der Waals surface area contributed by atoms with Gasteiger partial charge in [-0.05, 0) is 43.2 Å². The molecule has 1 aliphatic rings. The number of thiophene rings is 1. The minimum Gasteiger partial charge on any atom is -0.335 e. The largest absolute Gasteiger partial charge is 0.335 e. The van der Waals surface area contributed by atoms with Gasteiger partial charge in [0.05, 0.1) is 6.04 Å². The van der Waals surface area contributed by atoms with Crippen LogP contribution in [0.2, 0.25) is 0 Å². The van der Waals surface area contributed by atoms with Gasteiger partial charge in [-0.15, -0.1) is 11.3 Å². The van der Waals surface area contributed by atoms with Crippen molar-refractivity contribution in [1.82, 2.24) is 4.90 Å². The van der Waals surface area contributed by atoms with E-state index >= 15 is 0 Å². The number of rotatable bonds is 4. The molecule has 2 heterocycles. The molecule has 1 amide bonds. The smallest absolute Gasteiger partial charge is 0.223 e. The first-order valence-electron chi connectivity index (χ1n) is 7.62. The number of carbonyl (C=O) groups is 1. The molecule has 0 N–H and O–H groups in total. The monoisotopic (exact) mass is 299 g/mol. The van der Waals surface area contributed by atoms with E-state index in [2.05, 4.69) is 53.6 Å². The predicted octanol–water partition coefficient (Wildman–Crippen LogP) is 4.35. The fraction of sp³-hybridized carbons (Fsp3) is 0.389. The van der Waals surface area contributed by atoms with Crippen molar-refractivity contribution in [3.63, 3.8) is 0 Å². The number of amides is 1. The topological polar surface area (TPSA) is 20.3 Å². The van der Waals surface area contributed by atoms with E-state index in [0.717, 1.165) is 25.8 Å². The van der Waals surface area contributed by atoms with E-state index in [1.807, 2.05) is 0 Å². The van der Waals surface area contributed by atoms with E-state index in [1.54, 1.807) is 11.3 Å². The molecule has 1 aromatic carbocycles. The molecule has 0 spiro atoms. The van der Waals surface area contributed by atoms with Crippen LogP contribution in [-0.4, -0.2) is 17.4 Å². The molecule has 1 fully saturated rings. The number of likely N-dealkylation sites (tertiary alicyclic amines) is 1. The summed E-state index contributed by atoms with van der Waals surface area (Å²) in [7, 11) is 0. The Morgan fingerprint density at radius 1 is 1.33 bits per heavy atom. The highest BCUT2D eigenvalue weighted by Gasteiger charge is 2.29. The van der Waals surface area contributed by atoms with Gasteiger partial charge < -0.3 is 4.90 Å². The van der Waals surface area contributed by atoms with Crippen LogP contribution in [0.5, 0.6) is 0 Å². The minimum absolute atomic E-state index is 0.299. The van der Waals surface area contributed by atoms with Crippen LogP contribution in [0.15, 0.2) is 41.8 Å².